The van der Waals surface area contributed by atoms with E-state index in [-0.39, 0.29) is 8.87 Å². The van der Waals surface area contributed by atoms with Crippen molar-refractivity contribution in [2.75, 3.05) is 0 Å². The van der Waals surface area contributed by atoms with Crippen molar-refractivity contribution in [1.82, 2.24) is 19.0 Å². The third-order valence-corrected chi connectivity index (χ3v) is 6.92. The second-order valence-electron chi connectivity index (χ2n) is 10.3. The molecule has 3 aromatic rings. The van der Waals surface area contributed by atoms with Crippen LogP contribution in [0.1, 0.15) is 47.2 Å². The van der Waals surface area contributed by atoms with Crippen molar-refractivity contribution in [3.63, 3.8) is 0 Å². The van der Waals surface area contributed by atoms with Crippen LogP contribution in [0.15, 0.2) is 53.4 Å². The van der Waals surface area contributed by atoms with E-state index in [1.807, 2.05) is 0 Å². The third-order valence-electron chi connectivity index (χ3n) is 5.18. The number of hydrogen-bond acceptors (Lipinski definition) is 6. The molecule has 2 amide bonds. The molecule has 0 aliphatic heterocycles. The number of hydrazine groups is 1. The Labute approximate surface area is 217 Å². The SMILES string of the molecule is CC(C)(C)N(C(=O)O)N(C(=O)Oc1ccc2c(cc(C(F)(F)F)n2S(=O)(=O)c2ccccc2)n1)C(C)(C)C. The summed E-state index contributed by atoms with van der Waals surface area (Å²) in [7, 11) is -4.67. The normalized spacial score (nSPS) is 12.9. The molecule has 0 radical (unpaired) electrons. The molecule has 14 heteroatoms. The highest BCUT2D eigenvalue weighted by Gasteiger charge is 2.43. The summed E-state index contributed by atoms with van der Waals surface area (Å²) >= 11 is 0. The van der Waals surface area contributed by atoms with Crippen molar-refractivity contribution in [3.8, 4) is 5.88 Å². The summed E-state index contributed by atoms with van der Waals surface area (Å²) < 4.78 is 73.4. The van der Waals surface area contributed by atoms with Crippen LogP contribution in [0.2, 0.25) is 0 Å². The molecule has 0 atom stereocenters. The molecule has 3 rings (SSSR count). The molecule has 0 aliphatic carbocycles. The zero-order valence-corrected chi connectivity index (χ0v) is 22.3. The van der Waals surface area contributed by atoms with Gasteiger partial charge in [-0.2, -0.15) is 13.2 Å². The largest absolute Gasteiger partial charge is 0.464 e. The van der Waals surface area contributed by atoms with E-state index in [9.17, 15) is 36.3 Å². The Morgan fingerprint density at radius 1 is 0.921 bits per heavy atom. The van der Waals surface area contributed by atoms with E-state index in [1.54, 1.807) is 41.5 Å². The lowest BCUT2D eigenvalue weighted by molar-refractivity contribution is -0.141. The van der Waals surface area contributed by atoms with E-state index in [0.29, 0.717) is 6.07 Å². The number of carboxylic acid groups (broad SMARTS) is 1. The molecule has 1 N–H and O–H groups in total. The predicted molar refractivity (Wildman–Crippen MR) is 131 cm³/mol. The maximum absolute atomic E-state index is 13.9. The van der Waals surface area contributed by atoms with Gasteiger partial charge in [-0.05, 0) is 65.8 Å². The summed E-state index contributed by atoms with van der Waals surface area (Å²) in [5, 5.41) is 11.4. The van der Waals surface area contributed by atoms with Crippen LogP contribution >= 0.6 is 0 Å². The van der Waals surface area contributed by atoms with Gasteiger partial charge in [-0.15, -0.1) is 0 Å². The zero-order chi connectivity index (χ0) is 28.8. The van der Waals surface area contributed by atoms with Crippen molar-refractivity contribution >= 4 is 33.2 Å². The summed E-state index contributed by atoms with van der Waals surface area (Å²) in [6, 6.07) is 9.19. The van der Waals surface area contributed by atoms with Gasteiger partial charge in [-0.25, -0.2) is 37.0 Å². The first-order chi connectivity index (χ1) is 17.3. The molecule has 38 heavy (non-hydrogen) atoms. The molecule has 2 aromatic heterocycles. The highest BCUT2D eigenvalue weighted by atomic mass is 32.2. The van der Waals surface area contributed by atoms with E-state index >= 15 is 0 Å². The van der Waals surface area contributed by atoms with Gasteiger partial charge in [0, 0.05) is 6.07 Å². The van der Waals surface area contributed by atoms with Crippen LogP contribution in [-0.2, 0) is 16.2 Å². The minimum absolute atomic E-state index is 0.142. The smallest absolute Gasteiger partial charge is 0.436 e. The number of benzene rings is 1. The number of aromatic nitrogens is 2. The number of amides is 2. The maximum Gasteiger partial charge on any atom is 0.436 e. The molecule has 10 nitrogen and oxygen atoms in total. The molecular weight excluding hydrogens is 529 g/mol. The van der Waals surface area contributed by atoms with Gasteiger partial charge >= 0.3 is 18.4 Å². The van der Waals surface area contributed by atoms with Crippen molar-refractivity contribution in [1.29, 1.82) is 0 Å². The van der Waals surface area contributed by atoms with E-state index in [1.165, 1.54) is 18.2 Å². The number of halogens is 3. The Balaban J connectivity index is 2.12. The molecule has 206 valence electrons. The lowest BCUT2D eigenvalue weighted by atomic mass is 10.1. The Hall–Kier alpha value is -3.81. The van der Waals surface area contributed by atoms with Gasteiger partial charge in [0.2, 0.25) is 5.88 Å². The molecular formula is C24H27F3N4O6S. The fourth-order valence-corrected chi connectivity index (χ4v) is 5.26. The van der Waals surface area contributed by atoms with Crippen LogP contribution in [0.5, 0.6) is 5.88 Å². The number of pyridine rings is 1. The van der Waals surface area contributed by atoms with E-state index < -0.39 is 62.1 Å². The Morgan fingerprint density at radius 3 is 1.95 bits per heavy atom. The van der Waals surface area contributed by atoms with Gasteiger partial charge in [-0.3, -0.25) is 0 Å². The number of nitrogens with zero attached hydrogens (tertiary/aromatic N) is 4. The van der Waals surface area contributed by atoms with Gasteiger partial charge in [0.1, 0.15) is 5.69 Å². The van der Waals surface area contributed by atoms with Crippen LogP contribution in [-0.4, -0.2) is 55.8 Å². The maximum atomic E-state index is 13.9. The van der Waals surface area contributed by atoms with Crippen molar-refractivity contribution in [3.05, 3.63) is 54.2 Å². The highest BCUT2D eigenvalue weighted by Crippen LogP contribution is 2.37. The quantitative estimate of drug-likeness (QED) is 0.418. The number of carbonyl (C=O) groups is 2. The number of ether oxygens (including phenoxy) is 1. The van der Waals surface area contributed by atoms with Crippen LogP contribution in [0.25, 0.3) is 11.0 Å². The van der Waals surface area contributed by atoms with Crippen LogP contribution in [0.4, 0.5) is 22.8 Å². The number of alkyl halides is 3. The topological polar surface area (TPSA) is 122 Å². The second kappa shape index (κ2) is 9.49. The standard InChI is InChI=1S/C24H27F3N4O6S/c1-22(2,3)30(20(32)33)31(23(4,5)6)21(34)37-19-13-12-17-16(28-19)14-18(24(25,26)27)29(17)38(35,36)15-10-8-7-9-11-15/h7-14H,1-6H3,(H,32,33). The minimum Gasteiger partial charge on any atom is -0.464 e. The van der Waals surface area contributed by atoms with Crippen LogP contribution < -0.4 is 4.74 Å². The minimum atomic E-state index is -5.06. The molecule has 0 unspecified atom stereocenters. The predicted octanol–water partition coefficient (Wildman–Crippen LogP) is 5.58. The monoisotopic (exact) mass is 556 g/mol. The summed E-state index contributed by atoms with van der Waals surface area (Å²) in [5.41, 5.74) is -4.46. The summed E-state index contributed by atoms with van der Waals surface area (Å²) in [5.74, 6) is -0.459. The van der Waals surface area contributed by atoms with Crippen molar-refractivity contribution < 1.29 is 41.0 Å². The number of carbonyl (C=O) groups excluding carboxylic acids is 1. The molecule has 1 aromatic carbocycles. The van der Waals surface area contributed by atoms with Gasteiger partial charge < -0.3 is 9.84 Å². The van der Waals surface area contributed by atoms with Gasteiger partial charge in [0.15, 0.2) is 0 Å². The molecule has 0 bridgehead atoms. The fourth-order valence-electron chi connectivity index (χ4n) is 3.72. The third kappa shape index (κ3) is 5.54. The summed E-state index contributed by atoms with van der Waals surface area (Å²) in [6.07, 6.45) is -7.66. The van der Waals surface area contributed by atoms with Crippen molar-refractivity contribution in [2.24, 2.45) is 0 Å². The Bertz CT molecular complexity index is 1470. The molecule has 2 heterocycles. The summed E-state index contributed by atoms with van der Waals surface area (Å²) in [4.78, 5) is 28.7. The molecule has 0 spiro atoms. The fraction of sp³-hybridized carbons (Fsp3) is 0.375. The Kier molecular flexibility index (Phi) is 7.18. The average Bonchev–Trinajstić information content (AvgIpc) is 3.16. The first kappa shape index (κ1) is 28.8. The Morgan fingerprint density at radius 2 is 1.47 bits per heavy atom. The average molecular weight is 557 g/mol. The van der Waals surface area contributed by atoms with E-state index in [0.717, 1.165) is 34.3 Å². The van der Waals surface area contributed by atoms with Gasteiger partial charge in [-0.1, -0.05) is 18.2 Å². The zero-order valence-electron chi connectivity index (χ0n) is 21.4. The van der Waals surface area contributed by atoms with Crippen LogP contribution in [0.3, 0.4) is 0 Å². The molecule has 0 aliphatic rings. The summed E-state index contributed by atoms with van der Waals surface area (Å²) in [6.45, 7) is 9.38. The number of fused-ring (bicyclic) bond motifs is 1. The first-order valence-corrected chi connectivity index (χ1v) is 12.7. The molecule has 0 saturated carbocycles. The lowest BCUT2D eigenvalue weighted by Gasteiger charge is -2.46. The van der Waals surface area contributed by atoms with Gasteiger partial charge in [0.25, 0.3) is 10.0 Å². The van der Waals surface area contributed by atoms with Gasteiger partial charge in [0.05, 0.1) is 27.0 Å². The number of rotatable bonds is 3. The first-order valence-electron chi connectivity index (χ1n) is 11.2. The lowest BCUT2D eigenvalue weighted by Crippen LogP contribution is -2.64. The van der Waals surface area contributed by atoms with Crippen LogP contribution in [0, 0.1) is 0 Å². The number of hydrogen-bond donors (Lipinski definition) is 1. The molecule has 0 fully saturated rings. The van der Waals surface area contributed by atoms with Crippen molar-refractivity contribution in [2.45, 2.75) is 63.7 Å². The second-order valence-corrected chi connectivity index (χ2v) is 12.1. The molecule has 0 saturated heterocycles. The van der Waals surface area contributed by atoms with E-state index in [2.05, 4.69) is 4.98 Å². The highest BCUT2D eigenvalue weighted by molar-refractivity contribution is 7.90. The van der Waals surface area contributed by atoms with E-state index in [4.69, 9.17) is 4.74 Å².